The fraction of sp³-hybridized carbons (Fsp3) is 0.409. The van der Waals surface area contributed by atoms with Crippen LogP contribution in [0, 0.1) is 0 Å². The molecule has 0 spiro atoms. The van der Waals surface area contributed by atoms with E-state index in [0.717, 1.165) is 36.2 Å². The van der Waals surface area contributed by atoms with Crippen LogP contribution in [0.5, 0.6) is 0 Å². The van der Waals surface area contributed by atoms with Gasteiger partial charge in [-0.2, -0.15) is 15.3 Å². The molecule has 11 heteroatoms. The standard InChI is InChI=1S/C22H26N8O3/c1-4-33-21(31)17-7-16(27-28-17)18-12-29-19(5-6-24-29)20(26-18)14-10-25-30(11-14)22(13-23-2)8-15(9-22)32-3/h5-7,10-12,15,23H,4,8-9,13H2,1-3H3,(H,27,28). The Bertz CT molecular complexity index is 1280. The quantitative estimate of drug-likeness (QED) is 0.390. The van der Waals surface area contributed by atoms with Crippen LogP contribution in [0.2, 0.25) is 0 Å². The molecule has 0 unspecified atom stereocenters. The van der Waals surface area contributed by atoms with Crippen LogP contribution in [0.3, 0.4) is 0 Å². The molecular weight excluding hydrogens is 424 g/mol. The van der Waals surface area contributed by atoms with Gasteiger partial charge in [0.1, 0.15) is 17.1 Å². The second-order valence-electron chi connectivity index (χ2n) is 8.22. The SMILES string of the molecule is CCOC(=O)c1cc(-c2cn3nccc3c(-c3cnn(C4(CNC)CC(OC)C4)c3)n2)n[nH]1. The number of aromatic nitrogens is 7. The smallest absolute Gasteiger partial charge is 0.356 e. The van der Waals surface area contributed by atoms with Gasteiger partial charge in [0.05, 0.1) is 48.1 Å². The monoisotopic (exact) mass is 450 g/mol. The number of hydrogen-bond donors (Lipinski definition) is 2. The zero-order valence-electron chi connectivity index (χ0n) is 18.8. The molecule has 11 nitrogen and oxygen atoms in total. The Morgan fingerprint density at radius 2 is 2.15 bits per heavy atom. The van der Waals surface area contributed by atoms with E-state index < -0.39 is 5.97 Å². The van der Waals surface area contributed by atoms with Crippen LogP contribution in [0.1, 0.15) is 30.3 Å². The van der Waals surface area contributed by atoms with E-state index >= 15 is 0 Å². The Balaban J connectivity index is 1.52. The first-order chi connectivity index (χ1) is 16.1. The number of aromatic amines is 1. The molecule has 1 aliphatic rings. The molecule has 172 valence electrons. The number of carbonyl (C=O) groups is 1. The van der Waals surface area contributed by atoms with Crippen LogP contribution in [0.25, 0.3) is 28.2 Å². The van der Waals surface area contributed by atoms with Crippen molar-refractivity contribution >= 4 is 11.5 Å². The molecule has 0 aromatic carbocycles. The van der Waals surface area contributed by atoms with Gasteiger partial charge in [0.25, 0.3) is 0 Å². The van der Waals surface area contributed by atoms with Crippen molar-refractivity contribution in [2.24, 2.45) is 0 Å². The second-order valence-corrected chi connectivity index (χ2v) is 8.22. The van der Waals surface area contributed by atoms with Gasteiger partial charge in [-0.1, -0.05) is 0 Å². The zero-order chi connectivity index (χ0) is 23.0. The highest BCUT2D eigenvalue weighted by atomic mass is 16.5. The first kappa shape index (κ1) is 21.3. The number of ether oxygens (including phenoxy) is 2. The lowest BCUT2D eigenvalue weighted by atomic mass is 9.74. The molecule has 4 aromatic rings. The normalized spacial score (nSPS) is 20.2. The maximum absolute atomic E-state index is 12.0. The minimum Gasteiger partial charge on any atom is -0.461 e. The third-order valence-electron chi connectivity index (χ3n) is 6.12. The Hall–Kier alpha value is -3.57. The van der Waals surface area contributed by atoms with Crippen molar-refractivity contribution in [2.45, 2.75) is 31.4 Å². The van der Waals surface area contributed by atoms with Crippen LogP contribution in [0.15, 0.2) is 36.9 Å². The molecule has 4 heterocycles. The van der Waals surface area contributed by atoms with Gasteiger partial charge in [0.15, 0.2) is 0 Å². The third-order valence-corrected chi connectivity index (χ3v) is 6.12. The van der Waals surface area contributed by atoms with Crippen molar-refractivity contribution < 1.29 is 14.3 Å². The largest absolute Gasteiger partial charge is 0.461 e. The van der Waals surface area contributed by atoms with Crippen LogP contribution in [-0.4, -0.2) is 74.0 Å². The Morgan fingerprint density at radius 1 is 1.30 bits per heavy atom. The van der Waals surface area contributed by atoms with Gasteiger partial charge in [0, 0.05) is 44.3 Å². The number of nitrogens with zero attached hydrogens (tertiary/aromatic N) is 6. The van der Waals surface area contributed by atoms with Crippen molar-refractivity contribution in [3.8, 4) is 22.6 Å². The van der Waals surface area contributed by atoms with E-state index in [1.807, 2.05) is 30.2 Å². The van der Waals surface area contributed by atoms with Gasteiger partial charge in [-0.05, 0) is 20.0 Å². The van der Waals surface area contributed by atoms with E-state index in [1.54, 1.807) is 37.0 Å². The second kappa shape index (κ2) is 8.41. The van der Waals surface area contributed by atoms with E-state index in [-0.39, 0.29) is 17.3 Å². The van der Waals surface area contributed by atoms with Gasteiger partial charge < -0.3 is 14.8 Å². The average molecular weight is 451 g/mol. The topological polar surface area (TPSA) is 124 Å². The summed E-state index contributed by atoms with van der Waals surface area (Å²) in [6.07, 6.45) is 9.38. The van der Waals surface area contributed by atoms with Gasteiger partial charge >= 0.3 is 5.97 Å². The first-order valence-electron chi connectivity index (χ1n) is 10.9. The third kappa shape index (κ3) is 3.68. The highest BCUT2D eigenvalue weighted by Gasteiger charge is 2.46. The van der Waals surface area contributed by atoms with Crippen LogP contribution in [0.4, 0.5) is 0 Å². The summed E-state index contributed by atoms with van der Waals surface area (Å²) >= 11 is 0. The van der Waals surface area contributed by atoms with E-state index in [0.29, 0.717) is 18.0 Å². The van der Waals surface area contributed by atoms with Crippen LogP contribution < -0.4 is 5.32 Å². The van der Waals surface area contributed by atoms with E-state index in [1.165, 1.54) is 0 Å². The Labute approximate surface area is 190 Å². The number of rotatable bonds is 8. The summed E-state index contributed by atoms with van der Waals surface area (Å²) in [5.74, 6) is -0.456. The summed E-state index contributed by atoms with van der Waals surface area (Å²) in [6, 6.07) is 3.54. The summed E-state index contributed by atoms with van der Waals surface area (Å²) in [5.41, 5.74) is 3.71. The van der Waals surface area contributed by atoms with Gasteiger partial charge in [-0.25, -0.2) is 14.3 Å². The minimum atomic E-state index is -0.456. The summed E-state index contributed by atoms with van der Waals surface area (Å²) in [5, 5.41) is 19.3. The molecule has 0 aliphatic heterocycles. The molecule has 4 aromatic heterocycles. The van der Waals surface area contributed by atoms with Gasteiger partial charge in [-0.3, -0.25) is 9.78 Å². The lowest BCUT2D eigenvalue weighted by Crippen LogP contribution is -2.55. The highest BCUT2D eigenvalue weighted by molar-refractivity contribution is 5.88. The van der Waals surface area contributed by atoms with Gasteiger partial charge in [0.2, 0.25) is 0 Å². The molecule has 0 radical (unpaired) electrons. The number of esters is 1. The lowest BCUT2D eigenvalue weighted by Gasteiger charge is -2.47. The van der Waals surface area contributed by atoms with Crippen LogP contribution in [-0.2, 0) is 15.0 Å². The predicted molar refractivity (Wildman–Crippen MR) is 120 cm³/mol. The summed E-state index contributed by atoms with van der Waals surface area (Å²) in [6.45, 7) is 2.85. The van der Waals surface area contributed by atoms with E-state index in [9.17, 15) is 4.79 Å². The highest BCUT2D eigenvalue weighted by Crippen LogP contribution is 2.41. The maximum Gasteiger partial charge on any atom is 0.356 e. The molecule has 1 saturated carbocycles. The van der Waals surface area contributed by atoms with Gasteiger partial charge in [-0.15, -0.1) is 0 Å². The number of hydrogen-bond acceptors (Lipinski definition) is 8. The Morgan fingerprint density at radius 3 is 2.91 bits per heavy atom. The van der Waals surface area contributed by atoms with Crippen LogP contribution >= 0.6 is 0 Å². The number of fused-ring (bicyclic) bond motifs is 1. The molecule has 33 heavy (non-hydrogen) atoms. The molecular formula is C22H26N8O3. The average Bonchev–Trinajstić information content (AvgIpc) is 3.55. The molecule has 2 N–H and O–H groups in total. The fourth-order valence-electron chi connectivity index (χ4n) is 4.43. The maximum atomic E-state index is 12.0. The molecule has 0 bridgehead atoms. The van der Waals surface area contributed by atoms with Crippen molar-refractivity contribution in [1.82, 2.24) is 39.9 Å². The molecule has 0 atom stereocenters. The number of carbonyl (C=O) groups excluding carboxylic acids is 1. The van der Waals surface area contributed by atoms with Crippen molar-refractivity contribution in [1.29, 1.82) is 0 Å². The van der Waals surface area contributed by atoms with E-state index in [2.05, 4.69) is 25.7 Å². The lowest BCUT2D eigenvalue weighted by molar-refractivity contribution is -0.0547. The zero-order valence-corrected chi connectivity index (χ0v) is 18.8. The molecule has 0 saturated heterocycles. The summed E-state index contributed by atoms with van der Waals surface area (Å²) < 4.78 is 14.3. The first-order valence-corrected chi connectivity index (χ1v) is 10.9. The van der Waals surface area contributed by atoms with Crippen molar-refractivity contribution in [3.63, 3.8) is 0 Å². The molecule has 1 aliphatic carbocycles. The molecule has 0 amide bonds. The fourth-order valence-corrected chi connectivity index (χ4v) is 4.43. The van der Waals surface area contributed by atoms with Crippen molar-refractivity contribution in [2.75, 3.05) is 27.3 Å². The predicted octanol–water partition coefficient (Wildman–Crippen LogP) is 1.88. The number of likely N-dealkylation sites (N-methyl/N-ethyl adjacent to an activating group) is 1. The summed E-state index contributed by atoms with van der Waals surface area (Å²) in [4.78, 5) is 16.9. The Kier molecular flexibility index (Phi) is 5.43. The number of methoxy groups -OCH3 is 1. The van der Waals surface area contributed by atoms with E-state index in [4.69, 9.17) is 14.5 Å². The molecule has 1 fully saturated rings. The summed E-state index contributed by atoms with van der Waals surface area (Å²) in [7, 11) is 3.69. The number of nitrogens with one attached hydrogen (secondary N) is 2. The minimum absolute atomic E-state index is 0.126. The van der Waals surface area contributed by atoms with Crippen molar-refractivity contribution in [3.05, 3.63) is 42.6 Å². The number of H-pyrrole nitrogens is 1. The molecule has 5 rings (SSSR count).